The van der Waals surface area contributed by atoms with Gasteiger partial charge in [0.25, 0.3) is 5.82 Å². The second kappa shape index (κ2) is 4.63. The van der Waals surface area contributed by atoms with Gasteiger partial charge in [0.2, 0.25) is 0 Å². The number of hydrogen-bond acceptors (Lipinski definition) is 3. The number of benzene rings is 1. The average molecular weight is 240 g/mol. The third kappa shape index (κ3) is 1.89. The normalized spacial score (nSPS) is 15.6. The number of hydrogen-bond donors (Lipinski definition) is 0. The standard InChI is InChI=1S/C14H13N3O/c15-10-11-9-14(17-5-7-18-8-6-17)16-13-4-2-1-3-12(11)13/h1-4,9H,5-8H2/p+1. The molecular formula is C14H14N3O+. The molecule has 0 amide bonds. The smallest absolute Gasteiger partial charge is 0.276 e. The highest BCUT2D eigenvalue weighted by Gasteiger charge is 2.20. The van der Waals surface area contributed by atoms with Crippen molar-refractivity contribution in [2.75, 3.05) is 31.2 Å². The molecule has 0 atom stereocenters. The molecule has 2 heterocycles. The molecule has 1 aliphatic heterocycles. The van der Waals surface area contributed by atoms with Gasteiger partial charge in [-0.1, -0.05) is 12.1 Å². The van der Waals surface area contributed by atoms with Crippen LogP contribution in [0.1, 0.15) is 5.56 Å². The zero-order valence-electron chi connectivity index (χ0n) is 10.0. The van der Waals surface area contributed by atoms with Gasteiger partial charge in [0.1, 0.15) is 24.7 Å². The van der Waals surface area contributed by atoms with Crippen LogP contribution in [-0.2, 0) is 4.74 Å². The molecule has 90 valence electrons. The monoisotopic (exact) mass is 240 g/mol. The molecule has 1 fully saturated rings. The Labute approximate surface area is 105 Å². The van der Waals surface area contributed by atoms with E-state index in [1.165, 1.54) is 0 Å². The van der Waals surface area contributed by atoms with E-state index < -0.39 is 0 Å². The van der Waals surface area contributed by atoms with Gasteiger partial charge in [0.05, 0.1) is 18.8 Å². The molecule has 2 aromatic rings. The first-order valence-electron chi connectivity index (χ1n) is 6.06. The minimum Gasteiger partial charge on any atom is -0.373 e. The molecule has 1 saturated heterocycles. The lowest BCUT2D eigenvalue weighted by Crippen LogP contribution is -2.39. The van der Waals surface area contributed by atoms with E-state index in [9.17, 15) is 5.26 Å². The van der Waals surface area contributed by atoms with E-state index in [2.05, 4.69) is 16.0 Å². The molecular weight excluding hydrogens is 226 g/mol. The molecule has 18 heavy (non-hydrogen) atoms. The zero-order chi connectivity index (χ0) is 12.4. The highest BCUT2D eigenvalue weighted by Crippen LogP contribution is 2.19. The van der Waals surface area contributed by atoms with Crippen LogP contribution in [0.4, 0.5) is 5.82 Å². The van der Waals surface area contributed by atoms with E-state index in [0.29, 0.717) is 5.56 Å². The Morgan fingerprint density at radius 2 is 2.00 bits per heavy atom. The van der Waals surface area contributed by atoms with Gasteiger partial charge in [-0.2, -0.15) is 5.26 Å². The molecule has 0 unspecified atom stereocenters. The van der Waals surface area contributed by atoms with Crippen molar-refractivity contribution in [3.8, 4) is 6.07 Å². The van der Waals surface area contributed by atoms with Gasteiger partial charge in [0.15, 0.2) is 0 Å². The fourth-order valence-electron chi connectivity index (χ4n) is 2.28. The summed E-state index contributed by atoms with van der Waals surface area (Å²) in [6.07, 6.45) is 0. The largest absolute Gasteiger partial charge is 0.373 e. The Bertz CT molecular complexity index is 612. The quantitative estimate of drug-likeness (QED) is 0.756. The van der Waals surface area contributed by atoms with Gasteiger partial charge in [-0.05, 0) is 12.1 Å². The zero-order valence-corrected chi connectivity index (χ0v) is 10.0. The summed E-state index contributed by atoms with van der Waals surface area (Å²) in [6.45, 7) is 3.20. The van der Waals surface area contributed by atoms with Gasteiger partial charge in [-0.15, -0.1) is 0 Å². The summed E-state index contributed by atoms with van der Waals surface area (Å²) in [6, 6.07) is 12.1. The number of aromatic amines is 1. The number of rotatable bonds is 1. The molecule has 1 aliphatic rings. The number of anilines is 1. The SMILES string of the molecule is N#Cc1cc(N2CCOCC2)[nH+]c2ccccc12. The van der Waals surface area contributed by atoms with Crippen molar-refractivity contribution in [1.82, 2.24) is 0 Å². The molecule has 0 aliphatic carbocycles. The first-order valence-corrected chi connectivity index (χ1v) is 6.06. The maximum absolute atomic E-state index is 9.25. The number of ether oxygens (including phenoxy) is 1. The fraction of sp³-hybridized carbons (Fsp3) is 0.286. The molecule has 0 saturated carbocycles. The Hall–Kier alpha value is -2.12. The summed E-state index contributed by atoms with van der Waals surface area (Å²) >= 11 is 0. The number of nitriles is 1. The van der Waals surface area contributed by atoms with Crippen LogP contribution >= 0.6 is 0 Å². The van der Waals surface area contributed by atoms with Crippen molar-refractivity contribution in [1.29, 1.82) is 5.26 Å². The Kier molecular flexibility index (Phi) is 2.83. The van der Waals surface area contributed by atoms with Gasteiger partial charge in [-0.3, -0.25) is 4.90 Å². The molecule has 1 N–H and O–H groups in total. The molecule has 1 aromatic carbocycles. The van der Waals surface area contributed by atoms with E-state index in [4.69, 9.17) is 4.74 Å². The summed E-state index contributed by atoms with van der Waals surface area (Å²) in [4.78, 5) is 5.61. The number of nitrogens with one attached hydrogen (secondary N) is 1. The lowest BCUT2D eigenvalue weighted by molar-refractivity contribution is -0.331. The lowest BCUT2D eigenvalue weighted by Gasteiger charge is -2.21. The van der Waals surface area contributed by atoms with Gasteiger partial charge in [-0.25, -0.2) is 4.98 Å². The van der Waals surface area contributed by atoms with Crippen LogP contribution in [0.15, 0.2) is 30.3 Å². The van der Waals surface area contributed by atoms with E-state index in [-0.39, 0.29) is 0 Å². The molecule has 0 spiro atoms. The first kappa shape index (κ1) is 11.0. The molecule has 4 nitrogen and oxygen atoms in total. The van der Waals surface area contributed by atoms with Crippen molar-refractivity contribution < 1.29 is 9.72 Å². The predicted molar refractivity (Wildman–Crippen MR) is 68.3 cm³/mol. The summed E-state index contributed by atoms with van der Waals surface area (Å²) in [5.41, 5.74) is 1.71. The molecule has 1 aromatic heterocycles. The second-order valence-electron chi connectivity index (χ2n) is 4.33. The van der Waals surface area contributed by atoms with E-state index in [1.807, 2.05) is 30.3 Å². The number of para-hydroxylation sites is 1. The maximum Gasteiger partial charge on any atom is 0.276 e. The minimum atomic E-state index is 0.714. The highest BCUT2D eigenvalue weighted by atomic mass is 16.5. The summed E-state index contributed by atoms with van der Waals surface area (Å²) in [7, 11) is 0. The van der Waals surface area contributed by atoms with Crippen LogP contribution < -0.4 is 9.88 Å². The Balaban J connectivity index is 2.10. The summed E-state index contributed by atoms with van der Waals surface area (Å²) < 4.78 is 5.34. The van der Waals surface area contributed by atoms with E-state index in [0.717, 1.165) is 43.0 Å². The van der Waals surface area contributed by atoms with Gasteiger partial charge >= 0.3 is 0 Å². The predicted octanol–water partition coefficient (Wildman–Crippen LogP) is 1.36. The van der Waals surface area contributed by atoms with Gasteiger partial charge < -0.3 is 4.74 Å². The van der Waals surface area contributed by atoms with Crippen molar-refractivity contribution in [3.05, 3.63) is 35.9 Å². The van der Waals surface area contributed by atoms with E-state index in [1.54, 1.807) is 0 Å². The Morgan fingerprint density at radius 1 is 1.22 bits per heavy atom. The third-order valence-electron chi connectivity index (χ3n) is 3.23. The number of H-pyrrole nitrogens is 1. The topological polar surface area (TPSA) is 50.4 Å². The van der Waals surface area contributed by atoms with Crippen molar-refractivity contribution >= 4 is 16.7 Å². The minimum absolute atomic E-state index is 0.714. The number of fused-ring (bicyclic) bond motifs is 1. The molecule has 4 heteroatoms. The molecule has 0 radical (unpaired) electrons. The van der Waals surface area contributed by atoms with Crippen LogP contribution in [0.5, 0.6) is 0 Å². The average Bonchev–Trinajstić information content (AvgIpc) is 2.47. The maximum atomic E-state index is 9.25. The van der Waals surface area contributed by atoms with Crippen LogP contribution in [0.2, 0.25) is 0 Å². The summed E-state index contributed by atoms with van der Waals surface area (Å²) in [5.74, 6) is 0.994. The van der Waals surface area contributed by atoms with Crippen LogP contribution in [0.3, 0.4) is 0 Å². The van der Waals surface area contributed by atoms with Crippen LogP contribution in [-0.4, -0.2) is 26.3 Å². The number of morpholine rings is 1. The van der Waals surface area contributed by atoms with Gasteiger partial charge in [0, 0.05) is 11.5 Å². The highest BCUT2D eigenvalue weighted by molar-refractivity contribution is 5.83. The number of aromatic nitrogens is 1. The van der Waals surface area contributed by atoms with Crippen molar-refractivity contribution in [3.63, 3.8) is 0 Å². The van der Waals surface area contributed by atoms with Crippen molar-refractivity contribution in [2.24, 2.45) is 0 Å². The molecule has 0 bridgehead atoms. The fourth-order valence-corrected chi connectivity index (χ4v) is 2.28. The van der Waals surface area contributed by atoms with Crippen LogP contribution in [0, 0.1) is 11.3 Å². The number of pyridine rings is 1. The van der Waals surface area contributed by atoms with E-state index >= 15 is 0 Å². The molecule has 3 rings (SSSR count). The Morgan fingerprint density at radius 3 is 2.78 bits per heavy atom. The van der Waals surface area contributed by atoms with Crippen LogP contribution in [0.25, 0.3) is 10.9 Å². The lowest BCUT2D eigenvalue weighted by atomic mass is 10.1. The van der Waals surface area contributed by atoms with Crippen molar-refractivity contribution in [2.45, 2.75) is 0 Å². The summed E-state index contributed by atoms with van der Waals surface area (Å²) in [5, 5.41) is 10.2. The number of nitrogens with zero attached hydrogens (tertiary/aromatic N) is 2. The third-order valence-corrected chi connectivity index (χ3v) is 3.23. The first-order chi connectivity index (χ1) is 8.88. The second-order valence-corrected chi connectivity index (χ2v) is 4.33.